The summed E-state index contributed by atoms with van der Waals surface area (Å²) in [7, 11) is -1.77. The molecule has 0 atom stereocenters. The molecule has 19 heavy (non-hydrogen) atoms. The number of piperidine rings is 1. The molecule has 0 saturated carbocycles. The van der Waals surface area contributed by atoms with Crippen molar-refractivity contribution >= 4 is 15.9 Å². The molecule has 1 aliphatic heterocycles. The lowest BCUT2D eigenvalue weighted by molar-refractivity contribution is 0.218. The summed E-state index contributed by atoms with van der Waals surface area (Å²) in [6, 6.07) is 0. The van der Waals surface area contributed by atoms with Gasteiger partial charge in [-0.3, -0.25) is 10.5 Å². The van der Waals surface area contributed by atoms with E-state index in [1.54, 1.807) is 0 Å². The number of nitrogens with one attached hydrogen (secondary N) is 3. The molecule has 1 fully saturated rings. The van der Waals surface area contributed by atoms with Gasteiger partial charge in [0.2, 0.25) is 10.0 Å². The third-order valence-electron chi connectivity index (χ3n) is 3.47. The highest BCUT2D eigenvalue weighted by atomic mass is 32.2. The van der Waals surface area contributed by atoms with Crippen molar-refractivity contribution in [2.24, 2.45) is 5.73 Å². The van der Waals surface area contributed by atoms with Crippen molar-refractivity contribution in [2.75, 3.05) is 20.1 Å². The second kappa shape index (κ2) is 4.91. The summed E-state index contributed by atoms with van der Waals surface area (Å²) in [6.45, 7) is 1.38. The highest BCUT2D eigenvalue weighted by Gasteiger charge is 2.40. The molecule has 1 aliphatic rings. The van der Waals surface area contributed by atoms with Crippen LogP contribution in [0.4, 0.5) is 0 Å². The van der Waals surface area contributed by atoms with Gasteiger partial charge in [0.15, 0.2) is 0 Å². The van der Waals surface area contributed by atoms with Gasteiger partial charge in [0.05, 0.1) is 11.7 Å². The van der Waals surface area contributed by atoms with Crippen molar-refractivity contribution in [3.63, 3.8) is 0 Å². The summed E-state index contributed by atoms with van der Waals surface area (Å²) in [5.41, 5.74) is 4.63. The summed E-state index contributed by atoms with van der Waals surface area (Å²) >= 11 is 0. The van der Waals surface area contributed by atoms with Crippen LogP contribution in [0.2, 0.25) is 0 Å². The van der Waals surface area contributed by atoms with Crippen molar-refractivity contribution in [3.05, 3.63) is 12.4 Å². The van der Waals surface area contributed by atoms with Gasteiger partial charge in [-0.25, -0.2) is 8.42 Å². The molecule has 2 heterocycles. The zero-order chi connectivity index (χ0) is 14.1. The second-order valence-electron chi connectivity index (χ2n) is 4.84. The number of rotatable bonds is 4. The van der Waals surface area contributed by atoms with Crippen molar-refractivity contribution < 1.29 is 8.42 Å². The Hall–Kier alpha value is -1.45. The van der Waals surface area contributed by atoms with Gasteiger partial charge >= 0.3 is 0 Å². The highest BCUT2D eigenvalue weighted by molar-refractivity contribution is 7.89. The van der Waals surface area contributed by atoms with Crippen LogP contribution in [0.15, 0.2) is 17.3 Å². The van der Waals surface area contributed by atoms with Gasteiger partial charge in [0.1, 0.15) is 10.7 Å². The number of aromatic nitrogens is 2. The zero-order valence-electron chi connectivity index (χ0n) is 10.7. The third-order valence-corrected chi connectivity index (χ3v) is 4.97. The molecule has 0 aliphatic carbocycles. The number of amidine groups is 1. The quantitative estimate of drug-likeness (QED) is 0.421. The minimum absolute atomic E-state index is 0.0482. The van der Waals surface area contributed by atoms with Crippen LogP contribution < -0.4 is 10.5 Å². The number of likely N-dealkylation sites (tertiary alicyclic amines) is 1. The lowest BCUT2D eigenvalue weighted by Crippen LogP contribution is -2.61. The molecular weight excluding hydrogens is 268 g/mol. The first-order chi connectivity index (χ1) is 8.86. The maximum atomic E-state index is 12.2. The lowest BCUT2D eigenvalue weighted by atomic mass is 9.88. The van der Waals surface area contributed by atoms with Gasteiger partial charge in [-0.15, -0.1) is 0 Å². The van der Waals surface area contributed by atoms with E-state index in [9.17, 15) is 8.42 Å². The zero-order valence-corrected chi connectivity index (χ0v) is 11.5. The van der Waals surface area contributed by atoms with Gasteiger partial charge in [-0.05, 0) is 19.9 Å². The Morgan fingerprint density at radius 1 is 1.58 bits per heavy atom. The number of hydrogen-bond donors (Lipinski definition) is 4. The molecule has 0 radical (unpaired) electrons. The predicted molar refractivity (Wildman–Crippen MR) is 70.3 cm³/mol. The first-order valence-electron chi connectivity index (χ1n) is 5.91. The minimum atomic E-state index is -3.72. The number of hydrogen-bond acceptors (Lipinski definition) is 5. The number of sulfonamides is 1. The van der Waals surface area contributed by atoms with E-state index in [-0.39, 0.29) is 10.7 Å². The molecule has 0 spiro atoms. The summed E-state index contributed by atoms with van der Waals surface area (Å²) in [5.74, 6) is -0.146. The Bertz CT molecular complexity index is 545. The molecule has 106 valence electrons. The van der Waals surface area contributed by atoms with Crippen LogP contribution in [0.5, 0.6) is 0 Å². The average molecular weight is 286 g/mol. The van der Waals surface area contributed by atoms with Crippen molar-refractivity contribution in [1.82, 2.24) is 19.8 Å². The predicted octanol–water partition coefficient (Wildman–Crippen LogP) is -0.912. The first kappa shape index (κ1) is 14.0. The number of H-pyrrole nitrogens is 1. The van der Waals surface area contributed by atoms with Crippen LogP contribution in [0.25, 0.3) is 0 Å². The highest BCUT2D eigenvalue weighted by Crippen LogP contribution is 2.24. The van der Waals surface area contributed by atoms with E-state index in [2.05, 4.69) is 19.8 Å². The molecule has 1 saturated heterocycles. The summed E-state index contributed by atoms with van der Waals surface area (Å²) < 4.78 is 27.0. The molecular formula is C10H18N6O2S. The fourth-order valence-corrected chi connectivity index (χ4v) is 3.47. The van der Waals surface area contributed by atoms with E-state index >= 15 is 0 Å². The van der Waals surface area contributed by atoms with Crippen LogP contribution in [0.3, 0.4) is 0 Å². The minimum Gasteiger partial charge on any atom is -0.386 e. The van der Waals surface area contributed by atoms with E-state index in [0.717, 1.165) is 0 Å². The van der Waals surface area contributed by atoms with E-state index in [4.69, 9.17) is 11.1 Å². The van der Waals surface area contributed by atoms with E-state index in [1.807, 2.05) is 7.05 Å². The number of nitrogens with zero attached hydrogens (tertiary/aromatic N) is 2. The fraction of sp³-hybridized carbons (Fsp3) is 0.600. The van der Waals surface area contributed by atoms with Crippen LogP contribution in [-0.2, 0) is 10.0 Å². The van der Waals surface area contributed by atoms with Crippen molar-refractivity contribution in [2.45, 2.75) is 23.3 Å². The Balaban J connectivity index is 2.25. The molecule has 1 aromatic heterocycles. The fourth-order valence-electron chi connectivity index (χ4n) is 2.13. The molecule has 0 amide bonds. The average Bonchev–Trinajstić information content (AvgIpc) is 2.86. The molecule has 0 bridgehead atoms. The molecule has 1 aromatic rings. The topological polar surface area (TPSA) is 128 Å². The van der Waals surface area contributed by atoms with E-state index in [1.165, 1.54) is 12.4 Å². The van der Waals surface area contributed by atoms with E-state index in [0.29, 0.717) is 25.9 Å². The number of nitrogens with two attached hydrogens (primary N) is 1. The van der Waals surface area contributed by atoms with Crippen LogP contribution in [0.1, 0.15) is 12.8 Å². The molecule has 8 nitrogen and oxygen atoms in total. The standard InChI is InChI=1S/C10H18N6O2S/c1-16-4-2-10(3-5-16,9(11)12)15-19(17,18)8-6-13-14-7-8/h6-7,15H,2-5H2,1H3,(H3,11,12)(H,13,14). The SMILES string of the molecule is CN1CCC(NS(=O)(=O)c2cn[nH]c2)(C(=N)N)CC1. The van der Waals surface area contributed by atoms with Gasteiger partial charge in [0.25, 0.3) is 0 Å². The van der Waals surface area contributed by atoms with Crippen molar-refractivity contribution in [1.29, 1.82) is 5.41 Å². The maximum absolute atomic E-state index is 12.2. The first-order valence-corrected chi connectivity index (χ1v) is 7.40. The van der Waals surface area contributed by atoms with Gasteiger partial charge in [-0.1, -0.05) is 0 Å². The van der Waals surface area contributed by atoms with Gasteiger partial charge in [-0.2, -0.15) is 9.82 Å². The smallest absolute Gasteiger partial charge is 0.244 e. The Morgan fingerprint density at radius 3 is 2.68 bits per heavy atom. The maximum Gasteiger partial charge on any atom is 0.244 e. The molecule has 9 heteroatoms. The summed E-state index contributed by atoms with van der Waals surface area (Å²) in [4.78, 5) is 2.12. The van der Waals surface area contributed by atoms with Crippen molar-refractivity contribution in [3.8, 4) is 0 Å². The molecule has 0 aromatic carbocycles. The van der Waals surface area contributed by atoms with Crippen LogP contribution in [-0.4, -0.2) is 55.0 Å². The molecule has 0 unspecified atom stereocenters. The van der Waals surface area contributed by atoms with Crippen LogP contribution in [0, 0.1) is 5.41 Å². The van der Waals surface area contributed by atoms with Crippen LogP contribution >= 0.6 is 0 Å². The van der Waals surface area contributed by atoms with Gasteiger partial charge < -0.3 is 10.6 Å². The Morgan fingerprint density at radius 2 is 2.21 bits per heavy atom. The molecule has 5 N–H and O–H groups in total. The monoisotopic (exact) mass is 286 g/mol. The van der Waals surface area contributed by atoms with Gasteiger partial charge in [0, 0.05) is 19.3 Å². The largest absolute Gasteiger partial charge is 0.386 e. The van der Waals surface area contributed by atoms with E-state index < -0.39 is 15.6 Å². The molecule has 2 rings (SSSR count). The second-order valence-corrected chi connectivity index (χ2v) is 6.52. The Kier molecular flexibility index (Phi) is 3.61. The Labute approximate surface area is 111 Å². The summed E-state index contributed by atoms with van der Waals surface area (Å²) in [5, 5.41) is 13.8. The number of aromatic amines is 1. The lowest BCUT2D eigenvalue weighted by Gasteiger charge is -2.39. The summed E-state index contributed by atoms with van der Waals surface area (Å²) in [6.07, 6.45) is 3.49. The normalized spacial score (nSPS) is 20.3. The third kappa shape index (κ3) is 2.77.